The van der Waals surface area contributed by atoms with Gasteiger partial charge in [0.15, 0.2) is 0 Å². The largest absolute Gasteiger partial charge is 0.379 e. The Balaban J connectivity index is 1.86. The lowest BCUT2D eigenvalue weighted by Crippen LogP contribution is -2.23. The predicted octanol–water partition coefficient (Wildman–Crippen LogP) is 3.45. The molecule has 0 unspecified atom stereocenters. The predicted molar refractivity (Wildman–Crippen MR) is 90.1 cm³/mol. The maximum absolute atomic E-state index is 13.2. The van der Waals surface area contributed by atoms with E-state index in [2.05, 4.69) is 5.32 Å². The van der Waals surface area contributed by atoms with Crippen LogP contribution in [0, 0.1) is 11.6 Å². The molecule has 2 aromatic carbocycles. The Morgan fingerprint density at radius 3 is 2.40 bits per heavy atom. The lowest BCUT2D eigenvalue weighted by molar-refractivity contribution is 0.0453. The van der Waals surface area contributed by atoms with Crippen molar-refractivity contribution in [2.45, 2.75) is 20.1 Å². The van der Waals surface area contributed by atoms with E-state index in [1.54, 1.807) is 0 Å². The number of amides is 1. The zero-order valence-corrected chi connectivity index (χ0v) is 14.1. The standard InChI is InChI=1S/C19H21F2NO3/c1-2-24-6-7-25-13-15-5-3-4-14(8-15)12-22-19(23)16-9-17(20)11-18(21)10-16/h3-5,8-11H,2,6-7,12-13H2,1H3,(H,22,23). The van der Waals surface area contributed by atoms with Crippen molar-refractivity contribution in [2.24, 2.45) is 0 Å². The summed E-state index contributed by atoms with van der Waals surface area (Å²) in [6.45, 7) is 4.35. The highest BCUT2D eigenvalue weighted by Gasteiger charge is 2.09. The van der Waals surface area contributed by atoms with E-state index in [0.717, 1.165) is 29.3 Å². The van der Waals surface area contributed by atoms with Gasteiger partial charge in [0.05, 0.1) is 19.8 Å². The summed E-state index contributed by atoms with van der Waals surface area (Å²) in [6.07, 6.45) is 0. The van der Waals surface area contributed by atoms with Gasteiger partial charge < -0.3 is 14.8 Å². The molecule has 2 aromatic rings. The Morgan fingerprint density at radius 2 is 1.68 bits per heavy atom. The number of hydrogen-bond donors (Lipinski definition) is 1. The van der Waals surface area contributed by atoms with Crippen molar-refractivity contribution in [1.82, 2.24) is 5.32 Å². The van der Waals surface area contributed by atoms with Crippen molar-refractivity contribution in [3.05, 3.63) is 70.8 Å². The molecule has 0 saturated carbocycles. The van der Waals surface area contributed by atoms with E-state index in [-0.39, 0.29) is 12.1 Å². The van der Waals surface area contributed by atoms with Gasteiger partial charge in [-0.3, -0.25) is 4.79 Å². The number of ether oxygens (including phenoxy) is 2. The summed E-state index contributed by atoms with van der Waals surface area (Å²) >= 11 is 0. The summed E-state index contributed by atoms with van der Waals surface area (Å²) in [5.41, 5.74) is 1.80. The van der Waals surface area contributed by atoms with Crippen LogP contribution >= 0.6 is 0 Å². The van der Waals surface area contributed by atoms with Crippen LogP contribution in [0.4, 0.5) is 8.78 Å². The van der Waals surface area contributed by atoms with Crippen LogP contribution in [0.3, 0.4) is 0 Å². The third-order valence-corrected chi connectivity index (χ3v) is 3.41. The second-order valence-electron chi connectivity index (χ2n) is 5.41. The number of carbonyl (C=O) groups excluding carboxylic acids is 1. The number of carbonyl (C=O) groups is 1. The molecule has 1 N–H and O–H groups in total. The molecule has 4 nitrogen and oxygen atoms in total. The Bertz CT molecular complexity index is 687. The fourth-order valence-electron chi connectivity index (χ4n) is 2.25. The van der Waals surface area contributed by atoms with E-state index >= 15 is 0 Å². The number of rotatable bonds is 9. The van der Waals surface area contributed by atoms with Crippen LogP contribution < -0.4 is 5.32 Å². The first-order valence-electron chi connectivity index (χ1n) is 8.06. The highest BCUT2D eigenvalue weighted by atomic mass is 19.1. The molecular weight excluding hydrogens is 328 g/mol. The first-order chi connectivity index (χ1) is 12.1. The number of halogens is 2. The molecule has 2 rings (SSSR count). The Morgan fingerprint density at radius 1 is 1.00 bits per heavy atom. The smallest absolute Gasteiger partial charge is 0.251 e. The van der Waals surface area contributed by atoms with E-state index < -0.39 is 17.5 Å². The third kappa shape index (κ3) is 6.60. The van der Waals surface area contributed by atoms with Crippen molar-refractivity contribution in [2.75, 3.05) is 19.8 Å². The van der Waals surface area contributed by atoms with Crippen molar-refractivity contribution in [3.8, 4) is 0 Å². The Labute approximate surface area is 145 Å². The molecular formula is C19H21F2NO3. The Kier molecular flexibility index (Phi) is 7.50. The summed E-state index contributed by atoms with van der Waals surface area (Å²) in [5, 5.41) is 2.65. The minimum Gasteiger partial charge on any atom is -0.379 e. The van der Waals surface area contributed by atoms with Gasteiger partial charge in [-0.1, -0.05) is 24.3 Å². The van der Waals surface area contributed by atoms with Gasteiger partial charge in [0.2, 0.25) is 0 Å². The highest BCUT2D eigenvalue weighted by Crippen LogP contribution is 2.10. The van der Waals surface area contributed by atoms with Crippen LogP contribution in [0.5, 0.6) is 0 Å². The first-order valence-corrected chi connectivity index (χ1v) is 8.06. The van der Waals surface area contributed by atoms with Crippen LogP contribution in [-0.2, 0) is 22.6 Å². The second kappa shape index (κ2) is 9.86. The topological polar surface area (TPSA) is 47.6 Å². The van der Waals surface area contributed by atoms with E-state index in [4.69, 9.17) is 9.47 Å². The zero-order chi connectivity index (χ0) is 18.1. The lowest BCUT2D eigenvalue weighted by Gasteiger charge is -2.09. The van der Waals surface area contributed by atoms with Crippen LogP contribution in [0.1, 0.15) is 28.4 Å². The summed E-state index contributed by atoms with van der Waals surface area (Å²) in [6, 6.07) is 10.3. The van der Waals surface area contributed by atoms with Crippen molar-refractivity contribution >= 4 is 5.91 Å². The minimum atomic E-state index is -0.781. The molecule has 0 aromatic heterocycles. The van der Waals surface area contributed by atoms with Crippen molar-refractivity contribution < 1.29 is 23.0 Å². The van der Waals surface area contributed by atoms with E-state index in [0.29, 0.717) is 26.4 Å². The average Bonchev–Trinajstić information content (AvgIpc) is 2.59. The molecule has 1 amide bonds. The van der Waals surface area contributed by atoms with Gasteiger partial charge in [0.1, 0.15) is 11.6 Å². The number of benzene rings is 2. The Hall–Kier alpha value is -2.31. The summed E-state index contributed by atoms with van der Waals surface area (Å²) in [7, 11) is 0. The molecule has 0 bridgehead atoms. The van der Waals surface area contributed by atoms with E-state index in [1.807, 2.05) is 31.2 Å². The van der Waals surface area contributed by atoms with Gasteiger partial charge >= 0.3 is 0 Å². The molecule has 0 heterocycles. The monoisotopic (exact) mass is 349 g/mol. The van der Waals surface area contributed by atoms with Crippen LogP contribution in [0.25, 0.3) is 0 Å². The van der Waals surface area contributed by atoms with E-state index in [9.17, 15) is 13.6 Å². The molecule has 0 aliphatic rings. The highest BCUT2D eigenvalue weighted by molar-refractivity contribution is 5.94. The quantitative estimate of drug-likeness (QED) is 0.706. The van der Waals surface area contributed by atoms with Crippen LogP contribution in [0.15, 0.2) is 42.5 Å². The van der Waals surface area contributed by atoms with Crippen LogP contribution in [-0.4, -0.2) is 25.7 Å². The van der Waals surface area contributed by atoms with Crippen molar-refractivity contribution in [1.29, 1.82) is 0 Å². The van der Waals surface area contributed by atoms with Gasteiger partial charge in [0, 0.05) is 24.8 Å². The lowest BCUT2D eigenvalue weighted by atomic mass is 10.1. The number of nitrogens with one attached hydrogen (secondary N) is 1. The number of hydrogen-bond acceptors (Lipinski definition) is 3. The van der Waals surface area contributed by atoms with Crippen molar-refractivity contribution in [3.63, 3.8) is 0 Å². The fraction of sp³-hybridized carbons (Fsp3) is 0.316. The molecule has 0 aliphatic carbocycles. The SMILES string of the molecule is CCOCCOCc1cccc(CNC(=O)c2cc(F)cc(F)c2)c1. The zero-order valence-electron chi connectivity index (χ0n) is 14.1. The van der Waals surface area contributed by atoms with Gasteiger partial charge in [-0.2, -0.15) is 0 Å². The molecule has 134 valence electrons. The first kappa shape index (κ1) is 19.0. The summed E-state index contributed by atoms with van der Waals surface area (Å²) < 4.78 is 37.0. The van der Waals surface area contributed by atoms with Crippen LogP contribution in [0.2, 0.25) is 0 Å². The van der Waals surface area contributed by atoms with Gasteiger partial charge in [-0.25, -0.2) is 8.78 Å². The maximum Gasteiger partial charge on any atom is 0.251 e. The molecule has 0 fully saturated rings. The summed E-state index contributed by atoms with van der Waals surface area (Å²) in [5.74, 6) is -2.09. The summed E-state index contributed by atoms with van der Waals surface area (Å²) in [4.78, 5) is 12.0. The van der Waals surface area contributed by atoms with Gasteiger partial charge in [0.25, 0.3) is 5.91 Å². The molecule has 0 spiro atoms. The van der Waals surface area contributed by atoms with Gasteiger partial charge in [-0.05, 0) is 30.2 Å². The third-order valence-electron chi connectivity index (χ3n) is 3.41. The molecule has 0 atom stereocenters. The molecule has 6 heteroatoms. The average molecular weight is 349 g/mol. The molecule has 25 heavy (non-hydrogen) atoms. The normalized spacial score (nSPS) is 10.7. The molecule has 0 aliphatic heterocycles. The maximum atomic E-state index is 13.2. The molecule has 0 saturated heterocycles. The van der Waals surface area contributed by atoms with E-state index in [1.165, 1.54) is 0 Å². The fourth-order valence-corrected chi connectivity index (χ4v) is 2.25. The second-order valence-corrected chi connectivity index (χ2v) is 5.41. The minimum absolute atomic E-state index is 0.0482. The van der Waals surface area contributed by atoms with Gasteiger partial charge in [-0.15, -0.1) is 0 Å². The molecule has 0 radical (unpaired) electrons.